The third-order valence-electron chi connectivity index (χ3n) is 5.56. The molecule has 188 valence electrons. The van der Waals surface area contributed by atoms with Gasteiger partial charge in [-0.2, -0.15) is 17.5 Å². The zero-order chi connectivity index (χ0) is 25.5. The van der Waals surface area contributed by atoms with Crippen LogP contribution in [0.3, 0.4) is 0 Å². The molecule has 11 heteroatoms. The van der Waals surface area contributed by atoms with Crippen molar-refractivity contribution in [1.82, 2.24) is 9.21 Å². The van der Waals surface area contributed by atoms with E-state index in [1.807, 2.05) is 0 Å². The number of nitrogens with zero attached hydrogens (tertiary/aromatic N) is 2. The number of carbonyl (C=O) groups is 1. The number of allylic oxidation sites excluding steroid dienone is 4. The second kappa shape index (κ2) is 11.7. The molecule has 2 rings (SSSR count). The number of hydrogen-bond donors (Lipinski definition) is 1. The molecular weight excluding hydrogens is 474 g/mol. The molecule has 0 saturated carbocycles. The van der Waals surface area contributed by atoms with Crippen LogP contribution in [-0.4, -0.2) is 55.2 Å². The Morgan fingerprint density at radius 2 is 1.94 bits per heavy atom. The van der Waals surface area contributed by atoms with Crippen LogP contribution in [-0.2, 0) is 16.6 Å². The van der Waals surface area contributed by atoms with Crippen molar-refractivity contribution in [2.24, 2.45) is 5.73 Å². The van der Waals surface area contributed by atoms with Crippen molar-refractivity contribution in [3.05, 3.63) is 71.6 Å². The average molecular weight is 504 g/mol. The molecule has 2 amide bonds. The van der Waals surface area contributed by atoms with E-state index in [4.69, 9.17) is 5.73 Å². The van der Waals surface area contributed by atoms with Crippen LogP contribution in [0.25, 0.3) is 0 Å². The molecule has 6 nitrogen and oxygen atoms in total. The Labute approximate surface area is 197 Å². The minimum Gasteiger partial charge on any atom is -0.351 e. The molecule has 0 atom stereocenters. The molecule has 0 aromatic heterocycles. The maximum absolute atomic E-state index is 14.9. The summed E-state index contributed by atoms with van der Waals surface area (Å²) in [6.45, 7) is 3.55. The van der Waals surface area contributed by atoms with E-state index < -0.39 is 46.9 Å². The summed E-state index contributed by atoms with van der Waals surface area (Å²) in [6, 6.07) is 3.60. The number of urea groups is 1. The molecule has 1 fully saturated rings. The summed E-state index contributed by atoms with van der Waals surface area (Å²) in [4.78, 5) is 12.7. The Morgan fingerprint density at radius 3 is 2.44 bits per heavy atom. The van der Waals surface area contributed by atoms with Gasteiger partial charge < -0.3 is 10.6 Å². The van der Waals surface area contributed by atoms with Gasteiger partial charge in [-0.3, -0.25) is 0 Å². The lowest BCUT2D eigenvalue weighted by Gasteiger charge is -2.31. The van der Waals surface area contributed by atoms with Gasteiger partial charge in [0.1, 0.15) is 12.4 Å². The summed E-state index contributed by atoms with van der Waals surface area (Å²) in [5, 5.41) is 0. The standard InChI is InChI=1S/C23H29F4N3O3S/c1-3-5-6-17(4-2)15-34(32,33)30(16-23(25,26)27)14-20-8-7-19(13-21(20)24)18-9-11-29(12-10-18)22(28)31/h3-8,13,18H,2,9-12,14-16H2,1H3,(H2,28,31). The van der Waals surface area contributed by atoms with Crippen molar-refractivity contribution in [2.45, 2.75) is 38.4 Å². The van der Waals surface area contributed by atoms with Gasteiger partial charge in [0.15, 0.2) is 0 Å². The summed E-state index contributed by atoms with van der Waals surface area (Å²) < 4.78 is 80.2. The number of rotatable bonds is 9. The summed E-state index contributed by atoms with van der Waals surface area (Å²) in [5.74, 6) is -1.53. The predicted octanol–water partition coefficient (Wildman–Crippen LogP) is 4.47. The predicted molar refractivity (Wildman–Crippen MR) is 123 cm³/mol. The number of primary amides is 1. The van der Waals surface area contributed by atoms with Crippen molar-refractivity contribution >= 4 is 16.1 Å². The summed E-state index contributed by atoms with van der Waals surface area (Å²) in [6.07, 6.45) is 2.21. The molecule has 34 heavy (non-hydrogen) atoms. The summed E-state index contributed by atoms with van der Waals surface area (Å²) in [5.41, 5.74) is 5.95. The van der Waals surface area contributed by atoms with Gasteiger partial charge in [-0.05, 0) is 42.9 Å². The highest BCUT2D eigenvalue weighted by Gasteiger charge is 2.37. The van der Waals surface area contributed by atoms with Crippen LogP contribution in [0.15, 0.2) is 54.7 Å². The highest BCUT2D eigenvalue weighted by Crippen LogP contribution is 2.30. The first-order chi connectivity index (χ1) is 15.9. The Kier molecular flexibility index (Phi) is 9.45. The molecule has 1 aliphatic rings. The molecule has 2 N–H and O–H groups in total. The van der Waals surface area contributed by atoms with E-state index in [1.54, 1.807) is 25.1 Å². The first kappa shape index (κ1) is 27.6. The number of piperidine rings is 1. The number of sulfonamides is 1. The topological polar surface area (TPSA) is 83.7 Å². The minimum atomic E-state index is -4.81. The molecule has 1 aromatic carbocycles. The van der Waals surface area contributed by atoms with Gasteiger partial charge >= 0.3 is 12.2 Å². The van der Waals surface area contributed by atoms with Crippen LogP contribution in [0.2, 0.25) is 0 Å². The Hall–Kier alpha value is -2.66. The quantitative estimate of drug-likeness (QED) is 0.399. The van der Waals surface area contributed by atoms with Crippen molar-refractivity contribution in [2.75, 3.05) is 25.4 Å². The summed E-state index contributed by atoms with van der Waals surface area (Å²) in [7, 11) is -4.43. The second-order valence-electron chi connectivity index (χ2n) is 8.06. The third kappa shape index (κ3) is 7.98. The van der Waals surface area contributed by atoms with Crippen LogP contribution in [0.1, 0.15) is 36.8 Å². The van der Waals surface area contributed by atoms with Gasteiger partial charge in [-0.1, -0.05) is 43.0 Å². The van der Waals surface area contributed by atoms with Crippen molar-refractivity contribution < 1.29 is 30.8 Å². The summed E-state index contributed by atoms with van der Waals surface area (Å²) >= 11 is 0. The number of hydrogen-bond acceptors (Lipinski definition) is 3. The van der Waals surface area contributed by atoms with Gasteiger partial charge in [0, 0.05) is 25.2 Å². The van der Waals surface area contributed by atoms with E-state index >= 15 is 0 Å². The lowest BCUT2D eigenvalue weighted by molar-refractivity contribution is -0.137. The Bertz CT molecular complexity index is 1040. The fourth-order valence-electron chi connectivity index (χ4n) is 3.72. The van der Waals surface area contributed by atoms with Crippen LogP contribution in [0.5, 0.6) is 0 Å². The fourth-order valence-corrected chi connectivity index (χ4v) is 5.22. The normalized spacial score (nSPS) is 16.4. The van der Waals surface area contributed by atoms with E-state index in [2.05, 4.69) is 6.58 Å². The number of nitrogens with two attached hydrogens (primary N) is 1. The van der Waals surface area contributed by atoms with E-state index in [-0.39, 0.29) is 21.4 Å². The van der Waals surface area contributed by atoms with E-state index in [9.17, 15) is 30.8 Å². The van der Waals surface area contributed by atoms with Crippen molar-refractivity contribution in [1.29, 1.82) is 0 Å². The van der Waals surface area contributed by atoms with Crippen molar-refractivity contribution in [3.8, 4) is 0 Å². The van der Waals surface area contributed by atoms with Gasteiger partial charge in [0.05, 0.1) is 5.75 Å². The van der Waals surface area contributed by atoms with Crippen molar-refractivity contribution in [3.63, 3.8) is 0 Å². The van der Waals surface area contributed by atoms with Gasteiger partial charge in [0.25, 0.3) is 0 Å². The largest absolute Gasteiger partial charge is 0.402 e. The molecule has 1 aromatic rings. The van der Waals surface area contributed by atoms with Crippen LogP contribution < -0.4 is 5.73 Å². The Morgan fingerprint density at radius 1 is 1.29 bits per heavy atom. The molecule has 0 bridgehead atoms. The molecule has 1 heterocycles. The molecule has 0 radical (unpaired) electrons. The third-order valence-corrected chi connectivity index (χ3v) is 7.31. The van der Waals surface area contributed by atoms with E-state index in [1.165, 1.54) is 29.2 Å². The SMILES string of the molecule is C=CC(=CC=CC)CS(=O)(=O)N(Cc1ccc(C2CCN(C(N)=O)CC2)cc1F)CC(F)(F)F. The lowest BCUT2D eigenvalue weighted by atomic mass is 9.89. The number of likely N-dealkylation sites (tertiary alicyclic amines) is 1. The smallest absolute Gasteiger partial charge is 0.351 e. The molecule has 0 spiro atoms. The van der Waals surface area contributed by atoms with Gasteiger partial charge in [-0.15, -0.1) is 0 Å². The minimum absolute atomic E-state index is 0.0407. The zero-order valence-corrected chi connectivity index (χ0v) is 19.7. The molecule has 0 aliphatic carbocycles. The number of amides is 2. The maximum Gasteiger partial charge on any atom is 0.402 e. The molecular formula is C23H29F4N3O3S. The van der Waals surface area contributed by atoms with Gasteiger partial charge in [-0.25, -0.2) is 17.6 Å². The number of alkyl halides is 3. The monoisotopic (exact) mass is 503 g/mol. The second-order valence-corrected chi connectivity index (χ2v) is 10.0. The highest BCUT2D eigenvalue weighted by molar-refractivity contribution is 7.89. The molecule has 0 unspecified atom stereocenters. The zero-order valence-electron chi connectivity index (χ0n) is 18.9. The molecule has 1 saturated heterocycles. The maximum atomic E-state index is 14.9. The number of benzene rings is 1. The average Bonchev–Trinajstić information content (AvgIpc) is 2.76. The van der Waals surface area contributed by atoms with Crippen LogP contribution in [0, 0.1) is 5.82 Å². The molecule has 1 aliphatic heterocycles. The van der Waals surface area contributed by atoms with E-state index in [0.717, 1.165) is 0 Å². The number of carbonyl (C=O) groups excluding carboxylic acids is 1. The van der Waals surface area contributed by atoms with Crippen LogP contribution in [0.4, 0.5) is 22.4 Å². The lowest BCUT2D eigenvalue weighted by Crippen LogP contribution is -2.41. The number of halogens is 4. The first-order valence-electron chi connectivity index (χ1n) is 10.7. The fraction of sp³-hybridized carbons (Fsp3) is 0.435. The van der Waals surface area contributed by atoms with Gasteiger partial charge in [0.2, 0.25) is 10.0 Å². The van der Waals surface area contributed by atoms with Crippen LogP contribution >= 0.6 is 0 Å². The Balaban J connectivity index is 2.24. The highest BCUT2D eigenvalue weighted by atomic mass is 32.2. The first-order valence-corrected chi connectivity index (χ1v) is 12.3. The van der Waals surface area contributed by atoms with E-state index in [0.29, 0.717) is 31.5 Å².